The number of nitrogens with zero attached hydrogens (tertiary/aromatic N) is 3. The highest BCUT2D eigenvalue weighted by molar-refractivity contribution is 14.1. The van der Waals surface area contributed by atoms with Crippen LogP contribution < -0.4 is 11.3 Å². The average Bonchev–Trinajstić information content (AvgIpc) is 2.84. The average molecular weight is 433 g/mol. The SMILES string of the molecule is CC1(C)[C@]2(O)[C@@H](CI)O[C@@H](n3cnc4c(=O)[nH]c(N)nc43)[C@]12O. The van der Waals surface area contributed by atoms with Crippen LogP contribution in [0.1, 0.15) is 20.1 Å². The van der Waals surface area contributed by atoms with E-state index >= 15 is 0 Å². The number of hydrogen-bond acceptors (Lipinski definition) is 7. The number of anilines is 1. The van der Waals surface area contributed by atoms with Gasteiger partial charge in [-0.25, -0.2) is 4.98 Å². The Morgan fingerprint density at radius 2 is 2.17 bits per heavy atom. The zero-order chi connectivity index (χ0) is 16.8. The molecule has 1 saturated carbocycles. The quantitative estimate of drug-likeness (QED) is 0.371. The summed E-state index contributed by atoms with van der Waals surface area (Å²) in [6, 6.07) is 0. The summed E-state index contributed by atoms with van der Waals surface area (Å²) >= 11 is 2.11. The van der Waals surface area contributed by atoms with Gasteiger partial charge in [0.2, 0.25) is 5.95 Å². The second-order valence-corrected chi connectivity index (χ2v) is 7.45. The van der Waals surface area contributed by atoms with Crippen LogP contribution in [-0.2, 0) is 4.74 Å². The number of nitrogens with two attached hydrogens (primary N) is 1. The molecule has 0 radical (unpaired) electrons. The van der Waals surface area contributed by atoms with Gasteiger partial charge in [-0.2, -0.15) is 4.98 Å². The maximum atomic E-state index is 11.9. The number of imidazole rings is 1. The van der Waals surface area contributed by atoms with Crippen molar-refractivity contribution in [3.8, 4) is 0 Å². The van der Waals surface area contributed by atoms with E-state index in [1.54, 1.807) is 13.8 Å². The van der Waals surface area contributed by atoms with Crippen molar-refractivity contribution in [1.82, 2.24) is 19.5 Å². The van der Waals surface area contributed by atoms with Gasteiger partial charge in [0.05, 0.1) is 6.33 Å². The number of alkyl halides is 1. The molecule has 2 aromatic heterocycles. The van der Waals surface area contributed by atoms with Crippen molar-refractivity contribution in [3.63, 3.8) is 0 Å². The number of fused-ring (bicyclic) bond motifs is 2. The van der Waals surface area contributed by atoms with E-state index in [-0.39, 0.29) is 17.1 Å². The van der Waals surface area contributed by atoms with Crippen molar-refractivity contribution in [2.75, 3.05) is 10.2 Å². The van der Waals surface area contributed by atoms with E-state index in [0.29, 0.717) is 4.43 Å². The lowest BCUT2D eigenvalue weighted by Gasteiger charge is -2.27. The number of aromatic nitrogens is 4. The van der Waals surface area contributed by atoms with E-state index in [0.717, 1.165) is 0 Å². The predicted octanol–water partition coefficient (Wildman–Crippen LogP) is -0.464. The monoisotopic (exact) mass is 433 g/mol. The molecule has 3 heterocycles. The lowest BCUT2D eigenvalue weighted by molar-refractivity contribution is -0.103. The Morgan fingerprint density at radius 3 is 2.78 bits per heavy atom. The van der Waals surface area contributed by atoms with E-state index in [1.807, 2.05) is 0 Å². The van der Waals surface area contributed by atoms with Gasteiger partial charge in [-0.05, 0) is 0 Å². The molecular formula is C13H16IN5O4. The van der Waals surface area contributed by atoms with Crippen LogP contribution in [0.15, 0.2) is 11.1 Å². The van der Waals surface area contributed by atoms with E-state index in [2.05, 4.69) is 37.5 Å². The smallest absolute Gasteiger partial charge is 0.280 e. The third-order valence-corrected chi connectivity index (χ3v) is 6.18. The number of hydrogen-bond donors (Lipinski definition) is 4. The highest BCUT2D eigenvalue weighted by atomic mass is 127. The third-order valence-electron chi connectivity index (χ3n) is 5.38. The van der Waals surface area contributed by atoms with Gasteiger partial charge in [-0.1, -0.05) is 36.4 Å². The fourth-order valence-electron chi connectivity index (χ4n) is 3.92. The van der Waals surface area contributed by atoms with Crippen molar-refractivity contribution in [3.05, 3.63) is 16.7 Å². The molecule has 124 valence electrons. The van der Waals surface area contributed by atoms with Crippen molar-refractivity contribution in [2.45, 2.75) is 37.4 Å². The summed E-state index contributed by atoms with van der Waals surface area (Å²) in [5, 5.41) is 22.1. The molecule has 0 spiro atoms. The predicted molar refractivity (Wildman–Crippen MR) is 89.0 cm³/mol. The number of halogens is 1. The van der Waals surface area contributed by atoms with Crippen LogP contribution >= 0.6 is 22.6 Å². The lowest BCUT2D eigenvalue weighted by atomic mass is 10.0. The first-order valence-electron chi connectivity index (χ1n) is 7.08. The molecule has 0 unspecified atom stereocenters. The number of aromatic amines is 1. The molecule has 2 aromatic rings. The Hall–Kier alpha value is -1.24. The molecule has 4 rings (SSSR count). The van der Waals surface area contributed by atoms with Gasteiger partial charge in [0.15, 0.2) is 17.4 Å². The Morgan fingerprint density at radius 1 is 1.48 bits per heavy atom. The molecule has 5 N–H and O–H groups in total. The van der Waals surface area contributed by atoms with E-state index < -0.39 is 34.5 Å². The first-order valence-corrected chi connectivity index (χ1v) is 8.61. The standard InChI is InChI=1S/C13H16IN5O4/c1-11(2)12(21)5(3-14)23-9(13(11,12)22)19-4-16-6-7(19)17-10(15)18-8(6)20/h4-5,9,21-22H,3H2,1-2H3,(H3,15,17,18,20)/t5-,9-,12-,13+/m1/s1. The number of rotatable bonds is 2. The Kier molecular flexibility index (Phi) is 2.82. The Balaban J connectivity index is 1.92. The Bertz CT molecular complexity index is 879. The number of aliphatic hydroxyl groups is 2. The van der Waals surface area contributed by atoms with Crippen molar-refractivity contribution < 1.29 is 14.9 Å². The van der Waals surface area contributed by atoms with Crippen LogP contribution in [0.3, 0.4) is 0 Å². The molecule has 10 heteroatoms. The lowest BCUT2D eigenvalue weighted by Crippen LogP contribution is -2.34. The molecular weight excluding hydrogens is 417 g/mol. The molecule has 4 atom stereocenters. The summed E-state index contributed by atoms with van der Waals surface area (Å²) < 4.78 is 7.85. The largest absolute Gasteiger partial charge is 0.383 e. The first kappa shape index (κ1) is 15.3. The highest BCUT2D eigenvalue weighted by Crippen LogP contribution is 2.75. The molecule has 9 nitrogen and oxygen atoms in total. The minimum atomic E-state index is -1.50. The zero-order valence-electron chi connectivity index (χ0n) is 12.4. The van der Waals surface area contributed by atoms with Crippen molar-refractivity contribution in [1.29, 1.82) is 0 Å². The van der Waals surface area contributed by atoms with E-state index in [1.165, 1.54) is 10.9 Å². The fraction of sp³-hybridized carbons (Fsp3) is 0.615. The van der Waals surface area contributed by atoms with Crippen LogP contribution in [0.4, 0.5) is 5.95 Å². The van der Waals surface area contributed by atoms with Crippen molar-refractivity contribution >= 4 is 39.7 Å². The fourth-order valence-corrected chi connectivity index (χ4v) is 4.77. The van der Waals surface area contributed by atoms with Gasteiger partial charge in [-0.3, -0.25) is 14.3 Å². The van der Waals surface area contributed by atoms with Crippen LogP contribution in [0, 0.1) is 5.41 Å². The molecule has 1 aliphatic heterocycles. The van der Waals surface area contributed by atoms with E-state index in [4.69, 9.17) is 10.5 Å². The summed E-state index contributed by atoms with van der Waals surface area (Å²) in [6.07, 6.45) is -0.0646. The third kappa shape index (κ3) is 1.46. The minimum Gasteiger partial charge on any atom is -0.383 e. The van der Waals surface area contributed by atoms with Crippen LogP contribution in [0.5, 0.6) is 0 Å². The zero-order valence-corrected chi connectivity index (χ0v) is 14.6. The van der Waals surface area contributed by atoms with Crippen molar-refractivity contribution in [2.24, 2.45) is 5.41 Å². The summed E-state index contributed by atoms with van der Waals surface area (Å²) in [5.74, 6) is -0.0509. The topological polar surface area (TPSA) is 139 Å². The van der Waals surface area contributed by atoms with Gasteiger partial charge in [-0.15, -0.1) is 0 Å². The molecule has 23 heavy (non-hydrogen) atoms. The molecule has 1 saturated heterocycles. The second-order valence-electron chi connectivity index (χ2n) is 6.56. The van der Waals surface area contributed by atoms with Gasteiger partial charge in [0.1, 0.15) is 17.3 Å². The van der Waals surface area contributed by atoms with Gasteiger partial charge in [0, 0.05) is 9.84 Å². The summed E-state index contributed by atoms with van der Waals surface area (Å²) in [7, 11) is 0. The molecule has 0 aromatic carbocycles. The second kappa shape index (κ2) is 4.23. The molecule has 0 amide bonds. The number of nitrogen functional groups attached to an aromatic ring is 1. The summed E-state index contributed by atoms with van der Waals surface area (Å²) in [4.78, 5) is 22.4. The van der Waals surface area contributed by atoms with Crippen LogP contribution in [-0.4, -0.2) is 51.5 Å². The van der Waals surface area contributed by atoms with Gasteiger partial charge in [0.25, 0.3) is 5.56 Å². The molecule has 2 aliphatic rings. The van der Waals surface area contributed by atoms with Crippen LogP contribution in [0.25, 0.3) is 11.2 Å². The molecule has 0 bridgehead atoms. The molecule has 2 fully saturated rings. The Labute approximate surface area is 144 Å². The number of H-pyrrole nitrogens is 1. The maximum absolute atomic E-state index is 11.9. The van der Waals surface area contributed by atoms with E-state index in [9.17, 15) is 15.0 Å². The van der Waals surface area contributed by atoms with Gasteiger partial charge >= 0.3 is 0 Å². The molecule has 1 aliphatic carbocycles. The van der Waals surface area contributed by atoms with Crippen LogP contribution in [0.2, 0.25) is 0 Å². The van der Waals surface area contributed by atoms with Gasteiger partial charge < -0.3 is 20.7 Å². The maximum Gasteiger partial charge on any atom is 0.280 e. The number of nitrogens with one attached hydrogen (secondary N) is 1. The summed E-state index contributed by atoms with van der Waals surface area (Å²) in [6.45, 7) is 3.57. The minimum absolute atomic E-state index is 0.0509. The highest BCUT2D eigenvalue weighted by Gasteiger charge is 2.92. The summed E-state index contributed by atoms with van der Waals surface area (Å²) in [5.41, 5.74) is 1.82. The normalized spacial score (nSPS) is 38.0. The number of ether oxygens (including phenoxy) is 1. The first-order chi connectivity index (χ1) is 10.7.